The van der Waals surface area contributed by atoms with Crippen molar-refractivity contribution in [3.63, 3.8) is 0 Å². The minimum atomic E-state index is -1.13. The molecule has 0 rings (SSSR count). The van der Waals surface area contributed by atoms with Crippen LogP contribution in [-0.4, -0.2) is 70.7 Å². The van der Waals surface area contributed by atoms with Crippen molar-refractivity contribution in [2.75, 3.05) is 17.8 Å². The van der Waals surface area contributed by atoms with Crippen LogP contribution in [0.1, 0.15) is 33.6 Å². The Kier molecular flexibility index (Phi) is 13.0. The first-order valence-electron chi connectivity index (χ1n) is 9.02. The highest BCUT2D eigenvalue weighted by Crippen LogP contribution is 2.06. The van der Waals surface area contributed by atoms with Gasteiger partial charge in [-0.2, -0.15) is 24.4 Å². The highest BCUT2D eigenvalue weighted by molar-refractivity contribution is 7.98. The van der Waals surface area contributed by atoms with Gasteiger partial charge in [-0.1, -0.05) is 13.8 Å². The Morgan fingerprint density at radius 1 is 1.00 bits per heavy atom. The van der Waals surface area contributed by atoms with Crippen LogP contribution in [0.3, 0.4) is 0 Å². The number of amides is 3. The Morgan fingerprint density at radius 3 is 2.04 bits per heavy atom. The number of carboxylic acids is 1. The standard InChI is InChI=1S/C17H32N4O5S2/c1-9(2)7-13(17(25)26)21-14(22)10(3)19-16(24)12(5-6-28-4)20-15(23)11(18)8-27/h9-13,27H,5-8,18H2,1-4H3,(H,19,24)(H,20,23)(H,21,22)(H,25,26). The summed E-state index contributed by atoms with van der Waals surface area (Å²) in [5.41, 5.74) is 5.62. The van der Waals surface area contributed by atoms with Gasteiger partial charge in [0, 0.05) is 5.75 Å². The zero-order chi connectivity index (χ0) is 21.9. The second-order valence-electron chi connectivity index (χ2n) is 6.89. The summed E-state index contributed by atoms with van der Waals surface area (Å²) < 4.78 is 0. The quantitative estimate of drug-likeness (QED) is 0.215. The number of carboxylic acid groups (broad SMARTS) is 1. The van der Waals surface area contributed by atoms with Crippen molar-refractivity contribution in [3.05, 3.63) is 0 Å². The van der Waals surface area contributed by atoms with Crippen molar-refractivity contribution in [2.45, 2.75) is 57.8 Å². The lowest BCUT2D eigenvalue weighted by Crippen LogP contribution is -2.56. The molecule has 0 bridgehead atoms. The number of thioether (sulfide) groups is 1. The van der Waals surface area contributed by atoms with Crippen LogP contribution in [0.4, 0.5) is 0 Å². The van der Waals surface area contributed by atoms with Crippen LogP contribution < -0.4 is 21.7 Å². The van der Waals surface area contributed by atoms with Gasteiger partial charge in [0.25, 0.3) is 0 Å². The van der Waals surface area contributed by atoms with Gasteiger partial charge in [-0.25, -0.2) is 4.79 Å². The van der Waals surface area contributed by atoms with Crippen molar-refractivity contribution in [1.82, 2.24) is 16.0 Å². The molecule has 0 aliphatic carbocycles. The number of rotatable bonds is 13. The third-order valence-corrected chi connectivity index (χ3v) is 4.89. The highest BCUT2D eigenvalue weighted by atomic mass is 32.2. The molecular formula is C17H32N4O5S2. The maximum Gasteiger partial charge on any atom is 0.326 e. The SMILES string of the molecule is CSCCC(NC(=O)C(N)CS)C(=O)NC(C)C(=O)NC(CC(C)C)C(=O)O. The molecule has 0 aliphatic rings. The summed E-state index contributed by atoms with van der Waals surface area (Å²) in [5.74, 6) is -1.95. The zero-order valence-electron chi connectivity index (χ0n) is 16.7. The summed E-state index contributed by atoms with van der Waals surface area (Å²) >= 11 is 5.47. The first-order chi connectivity index (χ1) is 13.0. The monoisotopic (exact) mass is 436 g/mol. The number of carbonyl (C=O) groups is 4. The average Bonchev–Trinajstić information content (AvgIpc) is 2.62. The van der Waals surface area contributed by atoms with Gasteiger partial charge < -0.3 is 26.8 Å². The fourth-order valence-corrected chi connectivity index (χ4v) is 2.87. The predicted molar refractivity (Wildman–Crippen MR) is 113 cm³/mol. The molecular weight excluding hydrogens is 404 g/mol. The first kappa shape index (κ1) is 26.5. The third kappa shape index (κ3) is 10.2. The highest BCUT2D eigenvalue weighted by Gasteiger charge is 2.28. The molecule has 0 radical (unpaired) electrons. The molecule has 0 spiro atoms. The summed E-state index contributed by atoms with van der Waals surface area (Å²) in [6, 6.07) is -3.70. The van der Waals surface area contributed by atoms with Gasteiger partial charge in [-0.15, -0.1) is 0 Å². The minimum absolute atomic E-state index is 0.0773. The van der Waals surface area contributed by atoms with Crippen molar-refractivity contribution in [2.24, 2.45) is 11.7 Å². The van der Waals surface area contributed by atoms with Crippen molar-refractivity contribution in [3.8, 4) is 0 Å². The molecule has 0 aromatic carbocycles. The van der Waals surface area contributed by atoms with E-state index < -0.39 is 47.9 Å². The van der Waals surface area contributed by atoms with Gasteiger partial charge in [0.15, 0.2) is 0 Å². The molecule has 0 saturated carbocycles. The van der Waals surface area contributed by atoms with Gasteiger partial charge in [-0.05, 0) is 37.7 Å². The third-order valence-electron chi connectivity index (χ3n) is 3.85. The molecule has 4 atom stereocenters. The van der Waals surface area contributed by atoms with Crippen molar-refractivity contribution >= 4 is 48.1 Å². The number of hydrogen-bond donors (Lipinski definition) is 6. The number of thiol groups is 1. The minimum Gasteiger partial charge on any atom is -0.480 e. The normalized spacial score (nSPS) is 15.2. The lowest BCUT2D eigenvalue weighted by Gasteiger charge is -2.23. The molecule has 0 aliphatic heterocycles. The molecule has 0 saturated heterocycles. The molecule has 0 heterocycles. The van der Waals surface area contributed by atoms with E-state index in [0.717, 1.165) is 0 Å². The summed E-state index contributed by atoms with van der Waals surface area (Å²) in [4.78, 5) is 48.1. The van der Waals surface area contributed by atoms with Crippen LogP contribution in [0, 0.1) is 5.92 Å². The van der Waals surface area contributed by atoms with Gasteiger partial charge >= 0.3 is 5.97 Å². The largest absolute Gasteiger partial charge is 0.480 e. The van der Waals surface area contributed by atoms with Crippen LogP contribution in [0.5, 0.6) is 0 Å². The molecule has 3 amide bonds. The molecule has 11 heteroatoms. The summed E-state index contributed by atoms with van der Waals surface area (Å²) in [7, 11) is 0. The number of aliphatic carboxylic acids is 1. The Morgan fingerprint density at radius 2 is 1.57 bits per heavy atom. The van der Waals surface area contributed by atoms with Crippen LogP contribution in [0.2, 0.25) is 0 Å². The number of hydrogen-bond acceptors (Lipinski definition) is 7. The molecule has 162 valence electrons. The van der Waals surface area contributed by atoms with E-state index in [1.54, 1.807) is 0 Å². The van der Waals surface area contributed by atoms with Gasteiger partial charge in [0.05, 0.1) is 6.04 Å². The van der Waals surface area contributed by atoms with E-state index in [-0.39, 0.29) is 18.1 Å². The van der Waals surface area contributed by atoms with E-state index in [2.05, 4.69) is 28.6 Å². The number of nitrogens with two attached hydrogens (primary N) is 1. The fourth-order valence-electron chi connectivity index (χ4n) is 2.24. The fraction of sp³-hybridized carbons (Fsp3) is 0.765. The zero-order valence-corrected chi connectivity index (χ0v) is 18.4. The second-order valence-corrected chi connectivity index (χ2v) is 8.24. The summed E-state index contributed by atoms with van der Waals surface area (Å²) in [5, 5.41) is 16.7. The van der Waals surface area contributed by atoms with E-state index in [1.165, 1.54) is 18.7 Å². The lowest BCUT2D eigenvalue weighted by molar-refractivity contribution is -0.142. The van der Waals surface area contributed by atoms with E-state index in [0.29, 0.717) is 12.2 Å². The van der Waals surface area contributed by atoms with Gasteiger partial charge in [-0.3, -0.25) is 14.4 Å². The van der Waals surface area contributed by atoms with Gasteiger partial charge in [0.1, 0.15) is 18.1 Å². The predicted octanol–water partition coefficient (Wildman–Crippen LogP) is -0.398. The average molecular weight is 437 g/mol. The van der Waals surface area contributed by atoms with Crippen LogP contribution in [-0.2, 0) is 19.2 Å². The Bertz CT molecular complexity index is 548. The Balaban J connectivity index is 4.95. The maximum atomic E-state index is 12.5. The molecule has 6 N–H and O–H groups in total. The first-order valence-corrected chi connectivity index (χ1v) is 11.0. The number of nitrogens with one attached hydrogen (secondary N) is 3. The van der Waals surface area contributed by atoms with E-state index in [1.807, 2.05) is 20.1 Å². The lowest BCUT2D eigenvalue weighted by atomic mass is 10.0. The Labute approximate surface area is 175 Å². The Hall–Kier alpha value is -1.46. The van der Waals surface area contributed by atoms with Crippen molar-refractivity contribution in [1.29, 1.82) is 0 Å². The van der Waals surface area contributed by atoms with E-state index >= 15 is 0 Å². The topological polar surface area (TPSA) is 151 Å². The molecule has 0 aromatic rings. The van der Waals surface area contributed by atoms with Crippen LogP contribution >= 0.6 is 24.4 Å². The molecule has 0 fully saturated rings. The molecule has 9 nitrogen and oxygen atoms in total. The molecule has 28 heavy (non-hydrogen) atoms. The van der Waals surface area contributed by atoms with E-state index in [4.69, 9.17) is 5.73 Å². The maximum absolute atomic E-state index is 12.5. The second kappa shape index (κ2) is 13.7. The summed E-state index contributed by atoms with van der Waals surface area (Å²) in [6.07, 6.45) is 2.50. The van der Waals surface area contributed by atoms with E-state index in [9.17, 15) is 24.3 Å². The van der Waals surface area contributed by atoms with Gasteiger partial charge in [0.2, 0.25) is 17.7 Å². The molecule has 0 aromatic heterocycles. The van der Waals surface area contributed by atoms with Crippen LogP contribution in [0.25, 0.3) is 0 Å². The smallest absolute Gasteiger partial charge is 0.326 e. The summed E-state index contributed by atoms with van der Waals surface area (Å²) in [6.45, 7) is 5.15. The number of carbonyl (C=O) groups excluding carboxylic acids is 3. The van der Waals surface area contributed by atoms with Crippen LogP contribution in [0.15, 0.2) is 0 Å². The van der Waals surface area contributed by atoms with Crippen molar-refractivity contribution < 1.29 is 24.3 Å². The molecule has 4 unspecified atom stereocenters.